The smallest absolute Gasteiger partial charge is 0.337 e. The lowest BCUT2D eigenvalue weighted by atomic mass is 10.1. The van der Waals surface area contributed by atoms with Crippen LogP contribution in [0.3, 0.4) is 0 Å². The molecule has 0 aromatic heterocycles. The van der Waals surface area contributed by atoms with E-state index in [2.05, 4.69) is 10.6 Å². The Balaban J connectivity index is 2.52. The second kappa shape index (κ2) is 3.06. The molecule has 1 aromatic carbocycles. The first-order valence-electron chi connectivity index (χ1n) is 4.09. The molecule has 0 fully saturated rings. The normalized spacial score (nSPS) is 14.5. The fraction of sp³-hybridized carbons (Fsp3) is 0.222. The van der Waals surface area contributed by atoms with Gasteiger partial charge in [0.25, 0.3) is 0 Å². The van der Waals surface area contributed by atoms with Gasteiger partial charge in [0.05, 0.1) is 17.9 Å². The van der Waals surface area contributed by atoms with Gasteiger partial charge in [-0.25, -0.2) is 4.79 Å². The van der Waals surface area contributed by atoms with Gasteiger partial charge in [-0.1, -0.05) is 12.1 Å². The van der Waals surface area contributed by atoms with Gasteiger partial charge in [-0.15, -0.1) is 0 Å². The number of carboxylic acids is 1. The molecule has 0 saturated heterocycles. The summed E-state index contributed by atoms with van der Waals surface area (Å²) in [6.45, 7) is 1.35. The molecular formula is C9H10N2O2. The predicted octanol–water partition coefficient (Wildman–Crippen LogP) is 0.857. The van der Waals surface area contributed by atoms with Crippen LogP contribution in [0.1, 0.15) is 15.9 Å². The molecule has 0 saturated carbocycles. The minimum atomic E-state index is -0.883. The van der Waals surface area contributed by atoms with Crippen LogP contribution in [0, 0.1) is 0 Å². The first-order chi connectivity index (χ1) is 6.29. The number of para-hydroxylation sites is 1. The molecule has 0 amide bonds. The number of carbonyl (C=O) groups is 1. The summed E-state index contributed by atoms with van der Waals surface area (Å²) in [6, 6.07) is 5.29. The lowest BCUT2D eigenvalue weighted by molar-refractivity contribution is 0.0697. The highest BCUT2D eigenvalue weighted by Gasteiger charge is 2.15. The van der Waals surface area contributed by atoms with E-state index in [1.54, 1.807) is 12.1 Å². The summed E-state index contributed by atoms with van der Waals surface area (Å²) in [5.74, 6) is -0.883. The molecule has 4 nitrogen and oxygen atoms in total. The molecule has 0 unspecified atom stereocenters. The molecule has 68 valence electrons. The fourth-order valence-corrected chi connectivity index (χ4v) is 1.48. The van der Waals surface area contributed by atoms with E-state index < -0.39 is 5.97 Å². The van der Waals surface area contributed by atoms with E-state index >= 15 is 0 Å². The van der Waals surface area contributed by atoms with E-state index in [0.29, 0.717) is 12.2 Å². The second-order valence-corrected chi connectivity index (χ2v) is 2.93. The van der Waals surface area contributed by atoms with E-state index in [1.807, 2.05) is 6.07 Å². The largest absolute Gasteiger partial charge is 0.478 e. The molecule has 3 N–H and O–H groups in total. The van der Waals surface area contributed by atoms with E-state index in [0.717, 1.165) is 17.8 Å². The van der Waals surface area contributed by atoms with Crippen molar-refractivity contribution >= 4 is 11.7 Å². The van der Waals surface area contributed by atoms with E-state index in [9.17, 15) is 4.79 Å². The summed E-state index contributed by atoms with van der Waals surface area (Å²) in [6.07, 6.45) is 0. The maximum atomic E-state index is 10.8. The average Bonchev–Trinajstić information content (AvgIpc) is 2.17. The van der Waals surface area contributed by atoms with Gasteiger partial charge in [-0.05, 0) is 11.6 Å². The van der Waals surface area contributed by atoms with Crippen LogP contribution in [0.5, 0.6) is 0 Å². The zero-order valence-corrected chi connectivity index (χ0v) is 7.00. The van der Waals surface area contributed by atoms with Gasteiger partial charge >= 0.3 is 5.97 Å². The van der Waals surface area contributed by atoms with Crippen LogP contribution in [-0.4, -0.2) is 17.7 Å². The van der Waals surface area contributed by atoms with Crippen molar-refractivity contribution in [1.82, 2.24) is 5.32 Å². The molecule has 1 aliphatic heterocycles. The molecule has 0 atom stereocenters. The number of rotatable bonds is 1. The molecule has 0 aliphatic carbocycles. The number of hydrogen-bond donors (Lipinski definition) is 3. The molecule has 13 heavy (non-hydrogen) atoms. The van der Waals surface area contributed by atoms with Gasteiger partial charge in [0, 0.05) is 6.54 Å². The number of aromatic carboxylic acids is 1. The van der Waals surface area contributed by atoms with Crippen LogP contribution < -0.4 is 10.6 Å². The van der Waals surface area contributed by atoms with Crippen LogP contribution >= 0.6 is 0 Å². The Hall–Kier alpha value is -1.55. The minimum absolute atomic E-state index is 0.346. The summed E-state index contributed by atoms with van der Waals surface area (Å²) in [5.41, 5.74) is 2.10. The first kappa shape index (κ1) is 8.07. The van der Waals surface area contributed by atoms with Gasteiger partial charge in [0.15, 0.2) is 0 Å². The van der Waals surface area contributed by atoms with Gasteiger partial charge in [-0.2, -0.15) is 0 Å². The molecule has 1 heterocycles. The fourth-order valence-electron chi connectivity index (χ4n) is 1.48. The average molecular weight is 178 g/mol. The van der Waals surface area contributed by atoms with Crippen molar-refractivity contribution in [2.24, 2.45) is 0 Å². The predicted molar refractivity (Wildman–Crippen MR) is 48.7 cm³/mol. The van der Waals surface area contributed by atoms with Crippen LogP contribution in [0.2, 0.25) is 0 Å². The van der Waals surface area contributed by atoms with Crippen molar-refractivity contribution in [2.75, 3.05) is 12.0 Å². The van der Waals surface area contributed by atoms with Crippen molar-refractivity contribution in [3.63, 3.8) is 0 Å². The molecule has 0 bridgehead atoms. The Labute approximate surface area is 75.6 Å². The highest BCUT2D eigenvalue weighted by Crippen LogP contribution is 2.22. The number of carboxylic acid groups (broad SMARTS) is 1. The van der Waals surface area contributed by atoms with Crippen LogP contribution in [0.15, 0.2) is 18.2 Å². The Kier molecular flexibility index (Phi) is 1.90. The summed E-state index contributed by atoms with van der Waals surface area (Å²) in [5, 5.41) is 15.0. The zero-order chi connectivity index (χ0) is 9.26. The van der Waals surface area contributed by atoms with Crippen LogP contribution in [0.25, 0.3) is 0 Å². The van der Waals surface area contributed by atoms with E-state index in [-0.39, 0.29) is 0 Å². The number of fused-ring (bicyclic) bond motifs is 1. The van der Waals surface area contributed by atoms with Crippen molar-refractivity contribution < 1.29 is 9.90 Å². The minimum Gasteiger partial charge on any atom is -0.478 e. The molecule has 2 rings (SSSR count). The lowest BCUT2D eigenvalue weighted by Crippen LogP contribution is -2.28. The molecule has 4 heteroatoms. The third-order valence-corrected chi connectivity index (χ3v) is 2.09. The van der Waals surface area contributed by atoms with Crippen LogP contribution in [-0.2, 0) is 6.54 Å². The second-order valence-electron chi connectivity index (χ2n) is 2.93. The number of nitrogens with one attached hydrogen (secondary N) is 2. The molecular weight excluding hydrogens is 168 g/mol. The highest BCUT2D eigenvalue weighted by atomic mass is 16.4. The van der Waals surface area contributed by atoms with Gasteiger partial charge in [-0.3, -0.25) is 5.32 Å². The third-order valence-electron chi connectivity index (χ3n) is 2.09. The number of hydrogen-bond acceptors (Lipinski definition) is 3. The maximum absolute atomic E-state index is 10.8. The molecule has 1 aliphatic rings. The van der Waals surface area contributed by atoms with Gasteiger partial charge in [0.1, 0.15) is 0 Å². The Morgan fingerprint density at radius 2 is 2.31 bits per heavy atom. The van der Waals surface area contributed by atoms with E-state index in [4.69, 9.17) is 5.11 Å². The van der Waals surface area contributed by atoms with Gasteiger partial charge < -0.3 is 10.4 Å². The first-order valence-corrected chi connectivity index (χ1v) is 4.09. The van der Waals surface area contributed by atoms with Crippen molar-refractivity contribution in [1.29, 1.82) is 0 Å². The zero-order valence-electron chi connectivity index (χ0n) is 7.00. The maximum Gasteiger partial charge on any atom is 0.337 e. The standard InChI is InChI=1S/C9H10N2O2/c12-9(13)7-3-1-2-6-4-10-5-11-8(6)7/h1-3,10-11H,4-5H2,(H,12,13). The molecule has 0 spiro atoms. The highest BCUT2D eigenvalue weighted by molar-refractivity contribution is 5.95. The monoisotopic (exact) mass is 178 g/mol. The Morgan fingerprint density at radius 1 is 1.46 bits per heavy atom. The third kappa shape index (κ3) is 1.36. The van der Waals surface area contributed by atoms with Gasteiger partial charge in [0.2, 0.25) is 0 Å². The molecule has 0 radical (unpaired) electrons. The summed E-state index contributed by atoms with van der Waals surface area (Å²) < 4.78 is 0. The molecule has 1 aromatic rings. The Morgan fingerprint density at radius 3 is 3.08 bits per heavy atom. The topological polar surface area (TPSA) is 61.4 Å². The van der Waals surface area contributed by atoms with Crippen molar-refractivity contribution in [3.05, 3.63) is 29.3 Å². The summed E-state index contributed by atoms with van der Waals surface area (Å²) >= 11 is 0. The quantitative estimate of drug-likeness (QED) is 0.596. The number of anilines is 1. The van der Waals surface area contributed by atoms with Crippen molar-refractivity contribution in [2.45, 2.75) is 6.54 Å². The van der Waals surface area contributed by atoms with Crippen LogP contribution in [0.4, 0.5) is 5.69 Å². The lowest BCUT2D eigenvalue weighted by Gasteiger charge is -2.20. The SMILES string of the molecule is O=C(O)c1cccc2c1NCNC2. The Bertz CT molecular complexity index is 349. The summed E-state index contributed by atoms with van der Waals surface area (Å²) in [4.78, 5) is 10.8. The summed E-state index contributed by atoms with van der Waals surface area (Å²) in [7, 11) is 0. The number of benzene rings is 1. The van der Waals surface area contributed by atoms with Crippen molar-refractivity contribution in [3.8, 4) is 0 Å². The van der Waals surface area contributed by atoms with E-state index in [1.165, 1.54) is 0 Å².